The van der Waals surface area contributed by atoms with E-state index in [4.69, 9.17) is 5.73 Å². The summed E-state index contributed by atoms with van der Waals surface area (Å²) in [5.41, 5.74) is 5.24. The molecule has 16 heavy (non-hydrogen) atoms. The molecule has 0 radical (unpaired) electrons. The van der Waals surface area contributed by atoms with E-state index in [0.717, 1.165) is 11.8 Å². The second-order valence-corrected chi connectivity index (χ2v) is 7.34. The number of rotatable bonds is 5. The van der Waals surface area contributed by atoms with Crippen molar-refractivity contribution in [2.24, 2.45) is 23.5 Å². The Hall–Kier alpha value is -0.200. The summed E-state index contributed by atoms with van der Waals surface area (Å²) in [5, 5.41) is 0. The molecule has 2 fully saturated rings. The minimum absolute atomic E-state index is 0.0282. The Kier molecular flexibility index (Phi) is 3.51. The van der Waals surface area contributed by atoms with Crippen molar-refractivity contribution in [3.63, 3.8) is 0 Å². The van der Waals surface area contributed by atoms with Crippen molar-refractivity contribution in [3.8, 4) is 0 Å². The molecule has 6 heteroatoms. The van der Waals surface area contributed by atoms with Crippen LogP contribution in [0.25, 0.3) is 0 Å². The molecule has 4 nitrogen and oxygen atoms in total. The van der Waals surface area contributed by atoms with Crippen LogP contribution in [0.2, 0.25) is 0 Å². The number of hydrogen-bond acceptors (Lipinski definition) is 3. The van der Waals surface area contributed by atoms with Crippen molar-refractivity contribution in [1.29, 1.82) is 0 Å². The number of nitrogens with two attached hydrogens (primary N) is 1. The van der Waals surface area contributed by atoms with Gasteiger partial charge < -0.3 is 5.73 Å². The van der Waals surface area contributed by atoms with E-state index in [0.29, 0.717) is 12.5 Å². The monoisotopic (exact) mass is 262 g/mol. The quantitative estimate of drug-likeness (QED) is 0.713. The Bertz CT molecular complexity index is 380. The number of thiocarbonyl (C=S) groups is 1. The van der Waals surface area contributed by atoms with Gasteiger partial charge in [0.15, 0.2) is 0 Å². The molecule has 2 aliphatic rings. The van der Waals surface area contributed by atoms with Crippen LogP contribution in [0.1, 0.15) is 25.7 Å². The first-order valence-corrected chi connectivity index (χ1v) is 7.78. The summed E-state index contributed by atoms with van der Waals surface area (Å²) in [6.07, 6.45) is 5.08. The summed E-state index contributed by atoms with van der Waals surface area (Å²) < 4.78 is 25.7. The molecule has 2 bridgehead atoms. The molecule has 3 unspecified atom stereocenters. The molecule has 3 atom stereocenters. The highest BCUT2D eigenvalue weighted by atomic mass is 32.2. The topological polar surface area (TPSA) is 72.2 Å². The molecule has 0 aliphatic heterocycles. The molecule has 2 saturated carbocycles. The Morgan fingerprint density at radius 2 is 2.12 bits per heavy atom. The van der Waals surface area contributed by atoms with Gasteiger partial charge in [-0.2, -0.15) is 0 Å². The largest absolute Gasteiger partial charge is 0.392 e. The third-order valence-electron chi connectivity index (χ3n) is 3.78. The molecule has 2 rings (SSSR count). The summed E-state index contributed by atoms with van der Waals surface area (Å²) in [7, 11) is -3.30. The van der Waals surface area contributed by atoms with Crippen molar-refractivity contribution < 1.29 is 8.42 Å². The van der Waals surface area contributed by atoms with Gasteiger partial charge in [0.05, 0.1) is 4.99 Å². The highest BCUT2D eigenvalue weighted by molar-refractivity contribution is 7.92. The van der Waals surface area contributed by atoms with E-state index in [-0.39, 0.29) is 10.7 Å². The van der Waals surface area contributed by atoms with Gasteiger partial charge in [0.1, 0.15) is 5.75 Å². The van der Waals surface area contributed by atoms with Crippen LogP contribution in [0, 0.1) is 17.8 Å². The van der Waals surface area contributed by atoms with Gasteiger partial charge in [-0.15, -0.1) is 0 Å². The highest BCUT2D eigenvalue weighted by Gasteiger charge is 2.39. The third-order valence-corrected chi connectivity index (χ3v) is 5.41. The minimum Gasteiger partial charge on any atom is -0.392 e. The Morgan fingerprint density at radius 3 is 2.62 bits per heavy atom. The Labute approximate surface area is 102 Å². The molecule has 0 amide bonds. The van der Waals surface area contributed by atoms with Gasteiger partial charge in [0, 0.05) is 6.54 Å². The minimum atomic E-state index is -3.30. The van der Waals surface area contributed by atoms with Gasteiger partial charge >= 0.3 is 0 Å². The van der Waals surface area contributed by atoms with Crippen LogP contribution in [0.3, 0.4) is 0 Å². The van der Waals surface area contributed by atoms with E-state index >= 15 is 0 Å². The van der Waals surface area contributed by atoms with Crippen LogP contribution in [0.4, 0.5) is 0 Å². The summed E-state index contributed by atoms with van der Waals surface area (Å²) in [4.78, 5) is 0.0282. The summed E-state index contributed by atoms with van der Waals surface area (Å²) in [6.45, 7) is 0.562. The van der Waals surface area contributed by atoms with Crippen molar-refractivity contribution >= 4 is 27.2 Å². The van der Waals surface area contributed by atoms with E-state index in [9.17, 15) is 8.42 Å². The van der Waals surface area contributed by atoms with Crippen LogP contribution < -0.4 is 10.5 Å². The number of nitrogens with one attached hydrogen (secondary N) is 1. The second kappa shape index (κ2) is 4.58. The number of fused-ring (bicyclic) bond motifs is 2. The molecule has 3 N–H and O–H groups in total. The van der Waals surface area contributed by atoms with Crippen molar-refractivity contribution in [2.75, 3.05) is 12.3 Å². The molecule has 0 aromatic rings. The molecule has 0 aromatic carbocycles. The van der Waals surface area contributed by atoms with Crippen LogP contribution in [0.5, 0.6) is 0 Å². The average molecular weight is 262 g/mol. The summed E-state index contributed by atoms with van der Waals surface area (Å²) in [6, 6.07) is 0. The maximum Gasteiger partial charge on any atom is 0.218 e. The summed E-state index contributed by atoms with van der Waals surface area (Å²) in [5.74, 6) is 1.87. The first kappa shape index (κ1) is 12.3. The average Bonchev–Trinajstić information content (AvgIpc) is 2.73. The molecule has 0 saturated heterocycles. The second-order valence-electron chi connectivity index (χ2n) is 5.01. The number of hydrogen-bond donors (Lipinski definition) is 2. The van der Waals surface area contributed by atoms with E-state index < -0.39 is 10.0 Å². The maximum absolute atomic E-state index is 11.5. The van der Waals surface area contributed by atoms with Gasteiger partial charge in [0.25, 0.3) is 0 Å². The van der Waals surface area contributed by atoms with E-state index in [1.807, 2.05) is 0 Å². The van der Waals surface area contributed by atoms with Gasteiger partial charge in [-0.05, 0) is 37.0 Å². The third kappa shape index (κ3) is 2.93. The van der Waals surface area contributed by atoms with Gasteiger partial charge in [-0.1, -0.05) is 18.6 Å². The molecule has 0 aromatic heterocycles. The standard InChI is InChI=1S/C10H18N2O2S2/c11-10(15)6-16(13,14)12-5-9-4-7-1-2-8(9)3-7/h7-9,12H,1-6H2,(H2,11,15). The van der Waals surface area contributed by atoms with Crippen molar-refractivity contribution in [1.82, 2.24) is 4.72 Å². The highest BCUT2D eigenvalue weighted by Crippen LogP contribution is 2.47. The molecular weight excluding hydrogens is 244 g/mol. The lowest BCUT2D eigenvalue weighted by Gasteiger charge is -2.21. The Morgan fingerprint density at radius 1 is 1.38 bits per heavy atom. The first-order valence-electron chi connectivity index (χ1n) is 5.72. The maximum atomic E-state index is 11.5. The van der Waals surface area contributed by atoms with E-state index in [1.54, 1.807) is 0 Å². The number of sulfonamides is 1. The fourth-order valence-corrected chi connectivity index (χ4v) is 4.51. The summed E-state index contributed by atoms with van der Waals surface area (Å²) >= 11 is 4.60. The fourth-order valence-electron chi connectivity index (χ4n) is 3.10. The zero-order chi connectivity index (χ0) is 11.8. The van der Waals surface area contributed by atoms with Crippen molar-refractivity contribution in [2.45, 2.75) is 25.7 Å². The SMILES string of the molecule is NC(=S)CS(=O)(=O)NCC1CC2CCC1C2. The van der Waals surface area contributed by atoms with Gasteiger partial charge in [0.2, 0.25) is 10.0 Å². The smallest absolute Gasteiger partial charge is 0.218 e. The zero-order valence-corrected chi connectivity index (χ0v) is 10.8. The Balaban J connectivity index is 1.81. The lowest BCUT2D eigenvalue weighted by molar-refractivity contribution is 0.333. The predicted molar refractivity (Wildman–Crippen MR) is 67.5 cm³/mol. The zero-order valence-electron chi connectivity index (χ0n) is 9.19. The molecule has 0 heterocycles. The van der Waals surface area contributed by atoms with Crippen molar-refractivity contribution in [3.05, 3.63) is 0 Å². The normalized spacial score (nSPS) is 33.1. The molecule has 92 valence electrons. The fraction of sp³-hybridized carbons (Fsp3) is 0.900. The lowest BCUT2D eigenvalue weighted by Crippen LogP contribution is -2.36. The predicted octanol–water partition coefficient (Wildman–Crippen LogP) is 0.628. The lowest BCUT2D eigenvalue weighted by atomic mass is 9.89. The van der Waals surface area contributed by atoms with Crippen LogP contribution in [0.15, 0.2) is 0 Å². The van der Waals surface area contributed by atoms with Crippen LogP contribution in [-0.4, -0.2) is 25.7 Å². The van der Waals surface area contributed by atoms with Crippen LogP contribution in [-0.2, 0) is 10.0 Å². The molecule has 2 aliphatic carbocycles. The first-order chi connectivity index (χ1) is 7.46. The van der Waals surface area contributed by atoms with E-state index in [2.05, 4.69) is 16.9 Å². The van der Waals surface area contributed by atoms with Gasteiger partial charge in [-0.3, -0.25) is 0 Å². The molecular formula is C10H18N2O2S2. The molecule has 0 spiro atoms. The van der Waals surface area contributed by atoms with E-state index in [1.165, 1.54) is 25.7 Å². The van der Waals surface area contributed by atoms with Gasteiger partial charge in [-0.25, -0.2) is 13.1 Å². The van der Waals surface area contributed by atoms with Crippen LogP contribution >= 0.6 is 12.2 Å².